The van der Waals surface area contributed by atoms with Crippen molar-refractivity contribution in [1.82, 2.24) is 0 Å². The van der Waals surface area contributed by atoms with Crippen LogP contribution in [0.1, 0.15) is 6.92 Å². The molecular formula is C15H14N2O4. The minimum Gasteiger partial charge on any atom is -0.467 e. The maximum absolute atomic E-state index is 12.7. The topological polar surface area (TPSA) is 76.0 Å². The molecule has 0 bridgehead atoms. The minimum atomic E-state index is -1.34. The summed E-state index contributed by atoms with van der Waals surface area (Å²) < 4.78 is 4.74. The van der Waals surface area contributed by atoms with Crippen LogP contribution in [-0.2, 0) is 19.1 Å². The zero-order chi connectivity index (χ0) is 15.2. The molecule has 2 heterocycles. The molecular weight excluding hydrogens is 272 g/mol. The second kappa shape index (κ2) is 4.51. The van der Waals surface area contributed by atoms with E-state index in [9.17, 15) is 14.4 Å². The van der Waals surface area contributed by atoms with Crippen molar-refractivity contribution >= 4 is 29.7 Å². The number of imide groups is 1. The number of nitrogens with zero attached hydrogens (tertiary/aromatic N) is 2. The highest BCUT2D eigenvalue weighted by molar-refractivity contribution is 6.28. The van der Waals surface area contributed by atoms with Crippen LogP contribution in [0, 0.1) is 11.8 Å². The van der Waals surface area contributed by atoms with Crippen molar-refractivity contribution in [3.8, 4) is 0 Å². The molecule has 6 heteroatoms. The highest BCUT2D eigenvalue weighted by Gasteiger charge is 2.62. The Bertz CT molecular complexity index is 655. The predicted molar refractivity (Wildman–Crippen MR) is 74.8 cm³/mol. The summed E-state index contributed by atoms with van der Waals surface area (Å²) in [5.41, 5.74) is -0.835. The van der Waals surface area contributed by atoms with Gasteiger partial charge in [-0.1, -0.05) is 18.2 Å². The Morgan fingerprint density at radius 2 is 1.90 bits per heavy atom. The number of methoxy groups -OCH3 is 1. The third kappa shape index (κ3) is 1.72. The van der Waals surface area contributed by atoms with Crippen molar-refractivity contribution in [1.29, 1.82) is 0 Å². The lowest BCUT2D eigenvalue weighted by molar-refractivity contribution is -0.150. The van der Waals surface area contributed by atoms with Crippen LogP contribution in [0.25, 0.3) is 0 Å². The number of esters is 1. The fourth-order valence-corrected chi connectivity index (χ4v) is 2.97. The normalized spacial score (nSPS) is 30.7. The molecule has 1 fully saturated rings. The number of para-hydroxylation sites is 1. The molecule has 108 valence electrons. The SMILES string of the molecule is COC(=O)[C@@]1(C)N=C[C@H]2C(=O)N(c3ccccc3)C(=O)[C@H]21. The van der Waals surface area contributed by atoms with Gasteiger partial charge in [-0.2, -0.15) is 0 Å². The number of rotatable bonds is 2. The smallest absolute Gasteiger partial charge is 0.334 e. The maximum Gasteiger partial charge on any atom is 0.334 e. The van der Waals surface area contributed by atoms with Crippen LogP contribution >= 0.6 is 0 Å². The van der Waals surface area contributed by atoms with E-state index in [1.807, 2.05) is 0 Å². The zero-order valence-electron chi connectivity index (χ0n) is 11.6. The Morgan fingerprint density at radius 1 is 1.24 bits per heavy atom. The zero-order valence-corrected chi connectivity index (χ0v) is 11.6. The first-order chi connectivity index (χ1) is 10.0. The Kier molecular flexibility index (Phi) is 2.90. The first-order valence-electron chi connectivity index (χ1n) is 6.57. The van der Waals surface area contributed by atoms with Gasteiger partial charge < -0.3 is 4.74 Å². The summed E-state index contributed by atoms with van der Waals surface area (Å²) in [5.74, 6) is -2.92. The standard InChI is InChI=1S/C15H14N2O4/c1-15(14(20)21-2)11-10(8-16-15)12(18)17(13(11)19)9-6-4-3-5-7-9/h3-8,10-11H,1-2H3/t10-,11+,15+/m1/s1. The van der Waals surface area contributed by atoms with Crippen LogP contribution < -0.4 is 4.90 Å². The van der Waals surface area contributed by atoms with Crippen LogP contribution in [0.2, 0.25) is 0 Å². The van der Waals surface area contributed by atoms with Crippen molar-refractivity contribution in [3.05, 3.63) is 30.3 Å². The Labute approximate surface area is 121 Å². The van der Waals surface area contributed by atoms with Crippen LogP contribution in [0.3, 0.4) is 0 Å². The minimum absolute atomic E-state index is 0.354. The van der Waals surface area contributed by atoms with Crippen LogP contribution in [0.4, 0.5) is 5.69 Å². The summed E-state index contributed by atoms with van der Waals surface area (Å²) in [4.78, 5) is 42.3. The fourth-order valence-electron chi connectivity index (χ4n) is 2.97. The molecule has 0 aliphatic carbocycles. The molecule has 1 aromatic carbocycles. The van der Waals surface area contributed by atoms with Gasteiger partial charge in [0.2, 0.25) is 11.8 Å². The number of ether oxygens (including phenoxy) is 1. The molecule has 2 aliphatic heterocycles. The van der Waals surface area contributed by atoms with E-state index in [1.54, 1.807) is 30.3 Å². The molecule has 2 aliphatic rings. The van der Waals surface area contributed by atoms with Gasteiger partial charge >= 0.3 is 5.97 Å². The summed E-state index contributed by atoms with van der Waals surface area (Å²) >= 11 is 0. The number of amides is 2. The van der Waals surface area contributed by atoms with Crippen LogP contribution in [0.5, 0.6) is 0 Å². The molecule has 2 amide bonds. The lowest BCUT2D eigenvalue weighted by Gasteiger charge is -2.24. The van der Waals surface area contributed by atoms with Gasteiger partial charge in [0.15, 0.2) is 5.54 Å². The molecule has 0 radical (unpaired) electrons. The van der Waals surface area contributed by atoms with Crippen molar-refractivity contribution in [2.75, 3.05) is 12.0 Å². The monoisotopic (exact) mass is 286 g/mol. The van der Waals surface area contributed by atoms with E-state index in [0.29, 0.717) is 5.69 Å². The molecule has 6 nitrogen and oxygen atoms in total. The van der Waals surface area contributed by atoms with Crippen molar-refractivity contribution in [2.45, 2.75) is 12.5 Å². The van der Waals surface area contributed by atoms with E-state index in [-0.39, 0.29) is 5.91 Å². The highest BCUT2D eigenvalue weighted by Crippen LogP contribution is 2.42. The maximum atomic E-state index is 12.7. The average Bonchev–Trinajstić information content (AvgIpc) is 2.98. The number of hydrogen-bond donors (Lipinski definition) is 0. The van der Waals surface area contributed by atoms with Crippen molar-refractivity contribution in [3.63, 3.8) is 0 Å². The first kappa shape index (κ1) is 13.5. The molecule has 0 unspecified atom stereocenters. The average molecular weight is 286 g/mol. The van der Waals surface area contributed by atoms with Crippen molar-refractivity contribution in [2.24, 2.45) is 16.8 Å². The number of benzene rings is 1. The molecule has 1 saturated heterocycles. The van der Waals surface area contributed by atoms with E-state index in [0.717, 1.165) is 4.90 Å². The van der Waals surface area contributed by atoms with Gasteiger partial charge in [0, 0.05) is 6.21 Å². The molecule has 0 N–H and O–H groups in total. The van der Waals surface area contributed by atoms with Gasteiger partial charge in [-0.15, -0.1) is 0 Å². The molecule has 3 atom stereocenters. The van der Waals surface area contributed by atoms with E-state index in [2.05, 4.69) is 4.99 Å². The quantitative estimate of drug-likeness (QED) is 0.595. The van der Waals surface area contributed by atoms with Crippen LogP contribution in [0.15, 0.2) is 35.3 Å². The number of carbonyl (C=O) groups is 3. The number of hydrogen-bond acceptors (Lipinski definition) is 5. The predicted octanol–water partition coefficient (Wildman–Crippen LogP) is 0.808. The summed E-state index contributed by atoms with van der Waals surface area (Å²) in [7, 11) is 1.24. The second-order valence-corrected chi connectivity index (χ2v) is 5.27. The third-order valence-electron chi connectivity index (χ3n) is 4.07. The number of anilines is 1. The largest absolute Gasteiger partial charge is 0.467 e. The Balaban J connectivity index is 2.02. The molecule has 1 aromatic rings. The second-order valence-electron chi connectivity index (χ2n) is 5.27. The number of fused-ring (bicyclic) bond motifs is 1. The lowest BCUT2D eigenvalue weighted by atomic mass is 9.82. The van der Waals surface area contributed by atoms with Gasteiger partial charge in [0.1, 0.15) is 0 Å². The van der Waals surface area contributed by atoms with Gasteiger partial charge in [-0.05, 0) is 19.1 Å². The first-order valence-corrected chi connectivity index (χ1v) is 6.57. The fraction of sp³-hybridized carbons (Fsp3) is 0.333. The Hall–Kier alpha value is -2.50. The molecule has 3 rings (SSSR count). The van der Waals surface area contributed by atoms with Crippen molar-refractivity contribution < 1.29 is 19.1 Å². The molecule has 0 saturated carbocycles. The molecule has 0 spiro atoms. The van der Waals surface area contributed by atoms with E-state index in [4.69, 9.17) is 4.74 Å². The Morgan fingerprint density at radius 3 is 2.52 bits per heavy atom. The summed E-state index contributed by atoms with van der Waals surface area (Å²) in [6, 6.07) is 8.66. The number of aliphatic imine (C=N–C) groups is 1. The summed E-state index contributed by atoms with van der Waals surface area (Å²) in [6.07, 6.45) is 1.39. The summed E-state index contributed by atoms with van der Waals surface area (Å²) in [5, 5.41) is 0. The highest BCUT2D eigenvalue weighted by atomic mass is 16.5. The van der Waals surface area contributed by atoms with Gasteiger partial charge in [-0.25, -0.2) is 9.69 Å². The van der Waals surface area contributed by atoms with Gasteiger partial charge in [0.05, 0.1) is 24.6 Å². The van der Waals surface area contributed by atoms with Gasteiger partial charge in [-0.3, -0.25) is 14.6 Å². The van der Waals surface area contributed by atoms with E-state index in [1.165, 1.54) is 20.2 Å². The lowest BCUT2D eigenvalue weighted by Crippen LogP contribution is -2.45. The van der Waals surface area contributed by atoms with Gasteiger partial charge in [0.25, 0.3) is 0 Å². The molecule has 21 heavy (non-hydrogen) atoms. The van der Waals surface area contributed by atoms with Crippen LogP contribution in [-0.4, -0.2) is 36.6 Å². The molecule has 0 aromatic heterocycles. The third-order valence-corrected chi connectivity index (χ3v) is 4.07. The number of carbonyl (C=O) groups excluding carboxylic acids is 3. The van der Waals surface area contributed by atoms with E-state index < -0.39 is 29.3 Å². The summed E-state index contributed by atoms with van der Waals surface area (Å²) in [6.45, 7) is 1.53. The van der Waals surface area contributed by atoms with E-state index >= 15 is 0 Å².